The molecule has 2 N–H and O–H groups in total. The fraction of sp³-hybridized carbons (Fsp3) is 0.200. The topological polar surface area (TPSA) is 26.0 Å². The number of hydrogen-bond acceptors (Lipinski definition) is 1. The summed E-state index contributed by atoms with van der Waals surface area (Å²) >= 11 is 0. The van der Waals surface area contributed by atoms with Gasteiger partial charge in [-0.1, -0.05) is 43.0 Å². The van der Waals surface area contributed by atoms with Gasteiger partial charge < -0.3 is 5.73 Å². The number of allylic oxidation sites excluding steroid dienone is 4. The Morgan fingerprint density at radius 3 is 2.44 bits per heavy atom. The molecule has 0 aliphatic rings. The number of aryl methyl sites for hydroxylation is 1. The van der Waals surface area contributed by atoms with E-state index in [-0.39, 0.29) is 0 Å². The predicted molar refractivity (Wildman–Crippen MR) is 71.9 cm³/mol. The summed E-state index contributed by atoms with van der Waals surface area (Å²) in [7, 11) is 0. The minimum atomic E-state index is 0.795. The number of hydrogen-bond donors (Lipinski definition) is 1. The summed E-state index contributed by atoms with van der Waals surface area (Å²) in [6.07, 6.45) is 3.99. The maximum atomic E-state index is 6.19. The third-order valence-corrected chi connectivity index (χ3v) is 2.52. The lowest BCUT2D eigenvalue weighted by Crippen LogP contribution is -2.03. The van der Waals surface area contributed by atoms with Gasteiger partial charge in [0.1, 0.15) is 0 Å². The summed E-state index contributed by atoms with van der Waals surface area (Å²) in [5.74, 6) is 0. The van der Waals surface area contributed by atoms with E-state index < -0.39 is 0 Å². The van der Waals surface area contributed by atoms with Crippen molar-refractivity contribution >= 4 is 5.70 Å². The number of nitrogens with two attached hydrogens (primary N) is 1. The molecule has 0 aliphatic heterocycles. The summed E-state index contributed by atoms with van der Waals surface area (Å²) in [5.41, 5.74) is 11.3. The van der Waals surface area contributed by atoms with Crippen LogP contribution >= 0.6 is 0 Å². The van der Waals surface area contributed by atoms with E-state index in [1.807, 2.05) is 44.2 Å². The Kier molecular flexibility index (Phi) is 4.12. The molecule has 0 unspecified atom stereocenters. The molecule has 1 heteroatoms. The lowest BCUT2D eigenvalue weighted by Gasteiger charge is -2.11. The van der Waals surface area contributed by atoms with Crippen LogP contribution < -0.4 is 5.73 Å². The molecule has 0 saturated carbocycles. The van der Waals surface area contributed by atoms with E-state index in [0.717, 1.165) is 22.4 Å². The van der Waals surface area contributed by atoms with Crippen molar-refractivity contribution in [3.8, 4) is 0 Å². The van der Waals surface area contributed by atoms with E-state index in [9.17, 15) is 0 Å². The molecule has 0 amide bonds. The Bertz CT molecular complexity index is 450. The highest BCUT2D eigenvalue weighted by atomic mass is 14.6. The second kappa shape index (κ2) is 5.36. The largest absolute Gasteiger partial charge is 0.398 e. The van der Waals surface area contributed by atoms with Crippen LogP contribution in [0.1, 0.15) is 25.0 Å². The zero-order valence-corrected chi connectivity index (χ0v) is 10.2. The van der Waals surface area contributed by atoms with Crippen molar-refractivity contribution in [3.05, 3.63) is 65.3 Å². The Balaban J connectivity index is 3.35. The van der Waals surface area contributed by atoms with E-state index in [2.05, 4.69) is 19.6 Å². The molecule has 1 nitrogen and oxygen atoms in total. The predicted octanol–water partition coefficient (Wildman–Crippen LogP) is 3.82. The van der Waals surface area contributed by atoms with Gasteiger partial charge in [-0.05, 0) is 31.9 Å². The zero-order chi connectivity index (χ0) is 12.1. The molecule has 0 aliphatic carbocycles. The molecule has 1 rings (SSSR count). The highest BCUT2D eigenvalue weighted by Gasteiger charge is 2.05. The first-order chi connectivity index (χ1) is 7.57. The molecule has 16 heavy (non-hydrogen) atoms. The molecule has 0 radical (unpaired) electrons. The Labute approximate surface area is 98.0 Å². The van der Waals surface area contributed by atoms with E-state index in [1.54, 1.807) is 0 Å². The van der Waals surface area contributed by atoms with Gasteiger partial charge in [0.15, 0.2) is 0 Å². The van der Waals surface area contributed by atoms with Gasteiger partial charge in [0.2, 0.25) is 0 Å². The van der Waals surface area contributed by atoms with Crippen LogP contribution in [0.3, 0.4) is 0 Å². The molecule has 0 heterocycles. The highest BCUT2D eigenvalue weighted by molar-refractivity contribution is 5.74. The van der Waals surface area contributed by atoms with Gasteiger partial charge in [0.05, 0.1) is 0 Å². The standard InChI is InChI=1S/C15H19N/c1-5-8-13(11(2)3)15(16)14-10-7-6-9-12(14)4/h5-10H,2,16H2,1,3-4H3/b8-5-,15-13+. The van der Waals surface area contributed by atoms with Crippen LogP contribution in [-0.4, -0.2) is 0 Å². The van der Waals surface area contributed by atoms with Crippen molar-refractivity contribution in [2.75, 3.05) is 0 Å². The smallest absolute Gasteiger partial charge is 0.0466 e. The first-order valence-corrected chi connectivity index (χ1v) is 5.42. The minimum absolute atomic E-state index is 0.795. The molecule has 0 saturated heterocycles. The van der Waals surface area contributed by atoms with E-state index >= 15 is 0 Å². The SMILES string of the molecule is C=C(C)C(/C=C\C)=C(/N)c1ccccc1C. The van der Waals surface area contributed by atoms with Gasteiger partial charge in [-0.2, -0.15) is 0 Å². The normalized spacial score (nSPS) is 12.7. The van der Waals surface area contributed by atoms with E-state index in [4.69, 9.17) is 5.73 Å². The lowest BCUT2D eigenvalue weighted by molar-refractivity contribution is 1.35. The molecular weight excluding hydrogens is 194 g/mol. The van der Waals surface area contributed by atoms with Gasteiger partial charge in [0.25, 0.3) is 0 Å². The first-order valence-electron chi connectivity index (χ1n) is 5.42. The van der Waals surface area contributed by atoms with Crippen LogP contribution in [0.25, 0.3) is 5.70 Å². The fourth-order valence-electron chi connectivity index (χ4n) is 1.65. The van der Waals surface area contributed by atoms with Crippen molar-refractivity contribution in [3.63, 3.8) is 0 Å². The van der Waals surface area contributed by atoms with Gasteiger partial charge in [0, 0.05) is 16.8 Å². The molecule has 0 bridgehead atoms. The lowest BCUT2D eigenvalue weighted by atomic mass is 9.98. The number of rotatable bonds is 3. The van der Waals surface area contributed by atoms with E-state index in [1.165, 1.54) is 5.56 Å². The second-order valence-corrected chi connectivity index (χ2v) is 3.92. The maximum absolute atomic E-state index is 6.19. The van der Waals surface area contributed by atoms with Crippen molar-refractivity contribution < 1.29 is 0 Å². The second-order valence-electron chi connectivity index (χ2n) is 3.92. The molecule has 84 valence electrons. The molecule has 0 aromatic heterocycles. The third kappa shape index (κ3) is 2.63. The Morgan fingerprint density at radius 1 is 1.31 bits per heavy atom. The van der Waals surface area contributed by atoms with Crippen LogP contribution in [0.15, 0.2) is 54.1 Å². The van der Waals surface area contributed by atoms with Crippen LogP contribution in [-0.2, 0) is 0 Å². The third-order valence-electron chi connectivity index (χ3n) is 2.52. The quantitative estimate of drug-likeness (QED) is 0.759. The van der Waals surface area contributed by atoms with Gasteiger partial charge in [-0.3, -0.25) is 0 Å². The number of benzene rings is 1. The van der Waals surface area contributed by atoms with Crippen LogP contribution in [0.4, 0.5) is 0 Å². The van der Waals surface area contributed by atoms with Gasteiger partial charge in [-0.15, -0.1) is 0 Å². The van der Waals surface area contributed by atoms with Crippen LogP contribution in [0, 0.1) is 6.92 Å². The van der Waals surface area contributed by atoms with Gasteiger partial charge in [-0.25, -0.2) is 0 Å². The molecular formula is C15H19N. The van der Waals surface area contributed by atoms with Crippen molar-refractivity contribution in [2.45, 2.75) is 20.8 Å². The van der Waals surface area contributed by atoms with Crippen molar-refractivity contribution in [1.82, 2.24) is 0 Å². The molecule has 0 atom stereocenters. The Hall–Kier alpha value is -1.76. The zero-order valence-electron chi connectivity index (χ0n) is 10.2. The average molecular weight is 213 g/mol. The summed E-state index contributed by atoms with van der Waals surface area (Å²) in [6, 6.07) is 8.12. The summed E-state index contributed by atoms with van der Waals surface area (Å²) in [6.45, 7) is 9.98. The van der Waals surface area contributed by atoms with E-state index in [0.29, 0.717) is 0 Å². The molecule has 0 fully saturated rings. The van der Waals surface area contributed by atoms with Crippen molar-refractivity contribution in [2.24, 2.45) is 5.73 Å². The van der Waals surface area contributed by atoms with Crippen molar-refractivity contribution in [1.29, 1.82) is 0 Å². The Morgan fingerprint density at radius 2 is 1.94 bits per heavy atom. The summed E-state index contributed by atoms with van der Waals surface area (Å²) in [4.78, 5) is 0. The fourth-order valence-corrected chi connectivity index (χ4v) is 1.65. The minimum Gasteiger partial charge on any atom is -0.398 e. The van der Waals surface area contributed by atoms with Crippen LogP contribution in [0.2, 0.25) is 0 Å². The average Bonchev–Trinajstić information content (AvgIpc) is 2.25. The maximum Gasteiger partial charge on any atom is 0.0466 e. The monoisotopic (exact) mass is 213 g/mol. The van der Waals surface area contributed by atoms with Crippen LogP contribution in [0.5, 0.6) is 0 Å². The summed E-state index contributed by atoms with van der Waals surface area (Å²) < 4.78 is 0. The molecule has 1 aromatic carbocycles. The molecule has 0 spiro atoms. The molecule has 1 aromatic rings. The van der Waals surface area contributed by atoms with Gasteiger partial charge >= 0.3 is 0 Å². The highest BCUT2D eigenvalue weighted by Crippen LogP contribution is 2.22. The summed E-state index contributed by atoms with van der Waals surface area (Å²) in [5, 5.41) is 0. The first kappa shape index (κ1) is 12.3.